The number of hydrogen-bond acceptors (Lipinski definition) is 5. The number of piperidine rings is 1. The number of likely N-dealkylation sites (tertiary alicyclic amines) is 1. The smallest absolute Gasteiger partial charge is 0.274 e. The first-order valence-corrected chi connectivity index (χ1v) is 9.86. The Kier molecular flexibility index (Phi) is 5.28. The molecular weight excluding hydrogens is 372 g/mol. The Labute approximate surface area is 167 Å². The standard InChI is InChI=1S/C20H24N6O3/c1-24-11-15(9-22-24)19(28)14-5-7-25(8-6-14)18(27)4-2-3-16-12-26-13-21-10-17(26)20(29)23-16/h9-14H,2-8H2,1H3,(H,23,29). The maximum Gasteiger partial charge on any atom is 0.274 e. The van der Waals surface area contributed by atoms with Gasteiger partial charge in [-0.3, -0.25) is 23.5 Å². The Morgan fingerprint density at radius 2 is 2.00 bits per heavy atom. The maximum atomic E-state index is 12.5. The van der Waals surface area contributed by atoms with Crippen LogP contribution in [-0.2, 0) is 18.3 Å². The van der Waals surface area contributed by atoms with Gasteiger partial charge in [-0.2, -0.15) is 5.10 Å². The highest BCUT2D eigenvalue weighted by atomic mass is 16.2. The van der Waals surface area contributed by atoms with Crippen molar-refractivity contribution in [3.05, 3.63) is 52.7 Å². The first kappa shape index (κ1) is 19.1. The van der Waals surface area contributed by atoms with Gasteiger partial charge in [-0.05, 0) is 25.7 Å². The van der Waals surface area contributed by atoms with Gasteiger partial charge < -0.3 is 9.88 Å². The zero-order valence-electron chi connectivity index (χ0n) is 16.4. The second-order valence-corrected chi connectivity index (χ2v) is 7.57. The topological polar surface area (TPSA) is 105 Å². The fraction of sp³-hybridized carbons (Fsp3) is 0.450. The van der Waals surface area contributed by atoms with Crippen molar-refractivity contribution in [1.82, 2.24) is 29.0 Å². The lowest BCUT2D eigenvalue weighted by Gasteiger charge is -2.31. The summed E-state index contributed by atoms with van der Waals surface area (Å²) in [7, 11) is 1.79. The van der Waals surface area contributed by atoms with Gasteiger partial charge in [-0.25, -0.2) is 4.98 Å². The van der Waals surface area contributed by atoms with Crippen molar-refractivity contribution in [3.8, 4) is 0 Å². The van der Waals surface area contributed by atoms with Crippen LogP contribution in [0.1, 0.15) is 41.7 Å². The van der Waals surface area contributed by atoms with Crippen LogP contribution in [0.25, 0.3) is 5.52 Å². The first-order chi connectivity index (χ1) is 14.0. The number of aromatic nitrogens is 5. The van der Waals surface area contributed by atoms with Crippen LogP contribution in [0, 0.1) is 5.92 Å². The van der Waals surface area contributed by atoms with Gasteiger partial charge in [0.1, 0.15) is 5.52 Å². The summed E-state index contributed by atoms with van der Waals surface area (Å²) in [5.74, 6) is 0.169. The number of aryl methyl sites for hydroxylation is 2. The average Bonchev–Trinajstić information content (AvgIpc) is 3.37. The van der Waals surface area contributed by atoms with Gasteiger partial charge in [-0.15, -0.1) is 0 Å². The van der Waals surface area contributed by atoms with Crippen LogP contribution in [0.15, 0.2) is 35.9 Å². The monoisotopic (exact) mass is 396 g/mol. The Hall–Kier alpha value is -3.23. The van der Waals surface area contributed by atoms with Crippen LogP contribution in [0.4, 0.5) is 0 Å². The average molecular weight is 396 g/mol. The Balaban J connectivity index is 1.25. The van der Waals surface area contributed by atoms with Crippen LogP contribution in [0.3, 0.4) is 0 Å². The van der Waals surface area contributed by atoms with Crippen LogP contribution in [0.5, 0.6) is 0 Å². The minimum Gasteiger partial charge on any atom is -0.343 e. The van der Waals surface area contributed by atoms with Gasteiger partial charge >= 0.3 is 0 Å². The molecule has 152 valence electrons. The van der Waals surface area contributed by atoms with E-state index in [0.717, 1.165) is 5.69 Å². The van der Waals surface area contributed by atoms with Gasteiger partial charge in [0.05, 0.1) is 24.3 Å². The predicted octanol–water partition coefficient (Wildman–Crippen LogP) is 1.20. The molecule has 0 spiro atoms. The SMILES string of the molecule is Cn1cc(C(=O)C2CCN(C(=O)CCCc3cn4cncc4c(=O)[nH]3)CC2)cn1. The second-order valence-electron chi connectivity index (χ2n) is 7.57. The summed E-state index contributed by atoms with van der Waals surface area (Å²) in [4.78, 5) is 45.7. The molecular formula is C20H24N6O3. The molecule has 29 heavy (non-hydrogen) atoms. The molecule has 4 heterocycles. The minimum absolute atomic E-state index is 0.0461. The molecule has 1 saturated heterocycles. The van der Waals surface area contributed by atoms with E-state index in [1.807, 2.05) is 11.1 Å². The summed E-state index contributed by atoms with van der Waals surface area (Å²) in [6, 6.07) is 0. The quantitative estimate of drug-likeness (QED) is 0.631. The van der Waals surface area contributed by atoms with Crippen LogP contribution in [0.2, 0.25) is 0 Å². The van der Waals surface area contributed by atoms with Crippen molar-refractivity contribution in [1.29, 1.82) is 0 Å². The van der Waals surface area contributed by atoms with E-state index in [9.17, 15) is 14.4 Å². The Morgan fingerprint density at radius 3 is 2.72 bits per heavy atom. The summed E-state index contributed by atoms with van der Waals surface area (Å²) < 4.78 is 3.32. The number of Topliss-reactive ketones (excluding diaryl/α,β-unsaturated/α-hetero) is 1. The molecule has 3 aromatic rings. The molecule has 4 rings (SSSR count). The minimum atomic E-state index is -0.174. The Bertz CT molecular complexity index is 1090. The maximum absolute atomic E-state index is 12.5. The van der Waals surface area contributed by atoms with E-state index in [4.69, 9.17) is 0 Å². The first-order valence-electron chi connectivity index (χ1n) is 9.86. The van der Waals surface area contributed by atoms with Crippen LogP contribution < -0.4 is 5.56 Å². The molecule has 0 bridgehead atoms. The number of nitrogens with one attached hydrogen (secondary N) is 1. The predicted molar refractivity (Wildman–Crippen MR) is 106 cm³/mol. The van der Waals surface area contributed by atoms with Gasteiger partial charge in [0, 0.05) is 50.6 Å². The molecule has 1 fully saturated rings. The molecule has 9 heteroatoms. The fourth-order valence-corrected chi connectivity index (χ4v) is 3.88. The number of imidazole rings is 1. The number of fused-ring (bicyclic) bond motifs is 1. The lowest BCUT2D eigenvalue weighted by Crippen LogP contribution is -2.40. The van der Waals surface area contributed by atoms with Gasteiger partial charge in [0.15, 0.2) is 5.78 Å². The van der Waals surface area contributed by atoms with E-state index < -0.39 is 0 Å². The molecule has 0 radical (unpaired) electrons. The molecule has 0 saturated carbocycles. The molecule has 0 atom stereocenters. The van der Waals surface area contributed by atoms with Crippen LogP contribution >= 0.6 is 0 Å². The van der Waals surface area contributed by atoms with Gasteiger partial charge in [-0.1, -0.05) is 0 Å². The van der Waals surface area contributed by atoms with Gasteiger partial charge in [0.25, 0.3) is 5.56 Å². The second kappa shape index (κ2) is 8.02. The third kappa shape index (κ3) is 4.13. The van der Waals surface area contributed by atoms with Crippen molar-refractivity contribution >= 4 is 17.2 Å². The Morgan fingerprint density at radius 1 is 1.21 bits per heavy atom. The number of amides is 1. The highest BCUT2D eigenvalue weighted by Crippen LogP contribution is 2.22. The summed E-state index contributed by atoms with van der Waals surface area (Å²) in [5, 5.41) is 4.06. The summed E-state index contributed by atoms with van der Waals surface area (Å²) in [6.07, 6.45) is 11.4. The number of carbonyl (C=O) groups excluding carboxylic acids is 2. The van der Waals surface area contributed by atoms with E-state index >= 15 is 0 Å². The van der Waals surface area contributed by atoms with Crippen molar-refractivity contribution < 1.29 is 9.59 Å². The highest BCUT2D eigenvalue weighted by molar-refractivity contribution is 5.97. The lowest BCUT2D eigenvalue weighted by atomic mass is 9.90. The van der Waals surface area contributed by atoms with E-state index in [1.54, 1.807) is 34.9 Å². The molecule has 1 amide bonds. The molecule has 3 aromatic heterocycles. The summed E-state index contributed by atoms with van der Waals surface area (Å²) in [6.45, 7) is 1.21. The van der Waals surface area contributed by atoms with Crippen LogP contribution in [-0.4, -0.2) is 53.8 Å². The summed E-state index contributed by atoms with van der Waals surface area (Å²) >= 11 is 0. The molecule has 0 unspecified atom stereocenters. The van der Waals surface area contributed by atoms with Crippen molar-refractivity contribution in [3.63, 3.8) is 0 Å². The summed E-state index contributed by atoms with van der Waals surface area (Å²) in [5.41, 5.74) is 1.76. The highest BCUT2D eigenvalue weighted by Gasteiger charge is 2.28. The third-order valence-corrected chi connectivity index (χ3v) is 5.51. The van der Waals surface area contributed by atoms with E-state index in [1.165, 1.54) is 6.20 Å². The van der Waals surface area contributed by atoms with E-state index in [0.29, 0.717) is 56.3 Å². The number of H-pyrrole nitrogens is 1. The number of rotatable bonds is 6. The van der Waals surface area contributed by atoms with Crippen molar-refractivity contribution in [2.24, 2.45) is 13.0 Å². The zero-order valence-corrected chi connectivity index (χ0v) is 16.4. The molecule has 1 aliphatic rings. The number of aromatic amines is 1. The van der Waals surface area contributed by atoms with E-state index in [-0.39, 0.29) is 23.2 Å². The molecule has 9 nitrogen and oxygen atoms in total. The molecule has 0 aromatic carbocycles. The van der Waals surface area contributed by atoms with Crippen molar-refractivity contribution in [2.75, 3.05) is 13.1 Å². The number of ketones is 1. The van der Waals surface area contributed by atoms with Crippen molar-refractivity contribution in [2.45, 2.75) is 32.1 Å². The molecule has 1 N–H and O–H groups in total. The normalized spacial score (nSPS) is 15.1. The third-order valence-electron chi connectivity index (χ3n) is 5.51. The number of nitrogens with zero attached hydrogens (tertiary/aromatic N) is 5. The zero-order chi connectivity index (χ0) is 20.4. The molecule has 0 aliphatic carbocycles. The largest absolute Gasteiger partial charge is 0.343 e. The lowest BCUT2D eigenvalue weighted by molar-refractivity contribution is -0.132. The number of carbonyl (C=O) groups is 2. The number of hydrogen-bond donors (Lipinski definition) is 1. The fourth-order valence-electron chi connectivity index (χ4n) is 3.88. The van der Waals surface area contributed by atoms with E-state index in [2.05, 4.69) is 15.1 Å². The van der Waals surface area contributed by atoms with Gasteiger partial charge in [0.2, 0.25) is 5.91 Å². The molecule has 1 aliphatic heterocycles.